The summed E-state index contributed by atoms with van der Waals surface area (Å²) in [5.74, 6) is 2.46. The van der Waals surface area contributed by atoms with Crippen molar-refractivity contribution in [2.75, 3.05) is 34.4 Å². The van der Waals surface area contributed by atoms with E-state index in [0.717, 1.165) is 41.7 Å². The molecule has 0 bridgehead atoms. The number of guanidine groups is 1. The summed E-state index contributed by atoms with van der Waals surface area (Å²) in [6.07, 6.45) is 2.78. The van der Waals surface area contributed by atoms with Gasteiger partial charge in [0.1, 0.15) is 11.5 Å². The summed E-state index contributed by atoms with van der Waals surface area (Å²) in [5, 5.41) is 3.35. The molecular formula is C21H30N4O2. The van der Waals surface area contributed by atoms with Crippen molar-refractivity contribution in [2.24, 2.45) is 4.99 Å². The number of benzene rings is 1. The van der Waals surface area contributed by atoms with Crippen molar-refractivity contribution in [1.29, 1.82) is 0 Å². The largest absolute Gasteiger partial charge is 0.497 e. The van der Waals surface area contributed by atoms with Gasteiger partial charge in [0.2, 0.25) is 0 Å². The highest BCUT2D eigenvalue weighted by atomic mass is 16.5. The zero-order valence-corrected chi connectivity index (χ0v) is 17.0. The molecule has 1 aromatic carbocycles. The van der Waals surface area contributed by atoms with Crippen molar-refractivity contribution in [3.05, 3.63) is 53.3 Å². The topological polar surface area (TPSA) is 59.0 Å². The summed E-state index contributed by atoms with van der Waals surface area (Å²) >= 11 is 0. The van der Waals surface area contributed by atoms with E-state index in [1.165, 1.54) is 5.56 Å². The van der Waals surface area contributed by atoms with Gasteiger partial charge in [0.15, 0.2) is 5.96 Å². The Morgan fingerprint density at radius 1 is 1.19 bits per heavy atom. The number of hydrogen-bond donors (Lipinski definition) is 1. The molecule has 1 aromatic heterocycles. The number of aromatic nitrogens is 1. The van der Waals surface area contributed by atoms with Crippen molar-refractivity contribution in [2.45, 2.75) is 26.8 Å². The number of aryl methyl sites for hydroxylation is 1. The van der Waals surface area contributed by atoms with Crippen LogP contribution in [0.5, 0.6) is 11.5 Å². The van der Waals surface area contributed by atoms with Crippen LogP contribution < -0.4 is 14.8 Å². The summed E-state index contributed by atoms with van der Waals surface area (Å²) in [6.45, 7) is 6.27. The van der Waals surface area contributed by atoms with E-state index in [1.807, 2.05) is 44.4 Å². The number of aliphatic imine (C=N–C) groups is 1. The van der Waals surface area contributed by atoms with E-state index >= 15 is 0 Å². The molecule has 0 amide bonds. The number of rotatable bonds is 8. The predicted octanol–water partition coefficient (Wildman–Crippen LogP) is 3.05. The Morgan fingerprint density at radius 2 is 2.00 bits per heavy atom. The van der Waals surface area contributed by atoms with Gasteiger partial charge in [-0.3, -0.25) is 9.98 Å². The van der Waals surface area contributed by atoms with Crippen LogP contribution in [0.15, 0.2) is 41.5 Å². The van der Waals surface area contributed by atoms with Gasteiger partial charge < -0.3 is 19.7 Å². The number of hydrogen-bond acceptors (Lipinski definition) is 4. The maximum Gasteiger partial charge on any atom is 0.193 e. The summed E-state index contributed by atoms with van der Waals surface area (Å²) in [5.41, 5.74) is 3.30. The zero-order chi connectivity index (χ0) is 19.6. The third-order valence-corrected chi connectivity index (χ3v) is 4.23. The average molecular weight is 370 g/mol. The normalized spacial score (nSPS) is 11.2. The van der Waals surface area contributed by atoms with Crippen molar-refractivity contribution in [3.63, 3.8) is 0 Å². The van der Waals surface area contributed by atoms with Gasteiger partial charge in [0.25, 0.3) is 0 Å². The van der Waals surface area contributed by atoms with Gasteiger partial charge in [0.05, 0.1) is 14.2 Å². The fourth-order valence-corrected chi connectivity index (χ4v) is 2.72. The molecule has 1 heterocycles. The maximum absolute atomic E-state index is 5.50. The van der Waals surface area contributed by atoms with Crippen molar-refractivity contribution >= 4 is 5.96 Å². The van der Waals surface area contributed by atoms with Crippen molar-refractivity contribution in [3.8, 4) is 11.5 Å². The molecule has 0 unspecified atom stereocenters. The quantitative estimate of drug-likeness (QED) is 0.572. The van der Waals surface area contributed by atoms with Crippen LogP contribution in [0, 0.1) is 6.92 Å². The molecule has 0 aliphatic rings. The predicted molar refractivity (Wildman–Crippen MR) is 110 cm³/mol. The van der Waals surface area contributed by atoms with Crippen LogP contribution in [0.4, 0.5) is 0 Å². The molecule has 6 heteroatoms. The Labute approximate surface area is 162 Å². The van der Waals surface area contributed by atoms with E-state index in [1.54, 1.807) is 14.2 Å². The third kappa shape index (κ3) is 6.16. The Bertz CT molecular complexity index is 744. The van der Waals surface area contributed by atoms with Crippen LogP contribution in [0.25, 0.3) is 0 Å². The van der Waals surface area contributed by atoms with E-state index < -0.39 is 0 Å². The fourth-order valence-electron chi connectivity index (χ4n) is 2.72. The lowest BCUT2D eigenvalue weighted by molar-refractivity contribution is 0.382. The highest BCUT2D eigenvalue weighted by molar-refractivity contribution is 5.79. The van der Waals surface area contributed by atoms with Crippen molar-refractivity contribution in [1.82, 2.24) is 15.2 Å². The smallest absolute Gasteiger partial charge is 0.193 e. The first-order valence-corrected chi connectivity index (χ1v) is 9.19. The van der Waals surface area contributed by atoms with Gasteiger partial charge in [-0.25, -0.2) is 0 Å². The molecule has 0 atom stereocenters. The van der Waals surface area contributed by atoms with Gasteiger partial charge in [-0.2, -0.15) is 0 Å². The van der Waals surface area contributed by atoms with Crippen LogP contribution in [0.2, 0.25) is 0 Å². The van der Waals surface area contributed by atoms with E-state index in [-0.39, 0.29) is 0 Å². The van der Waals surface area contributed by atoms with Gasteiger partial charge in [0, 0.05) is 50.2 Å². The molecule has 27 heavy (non-hydrogen) atoms. The SMILES string of the molecule is CCNC(=NCCc1ccc(C)nc1)N(C)Cc1ccc(OC)cc1OC. The minimum absolute atomic E-state index is 0.686. The lowest BCUT2D eigenvalue weighted by Crippen LogP contribution is -2.38. The second kappa shape index (κ2) is 10.4. The molecule has 2 aromatic rings. The molecule has 6 nitrogen and oxygen atoms in total. The van der Waals surface area contributed by atoms with Crippen LogP contribution in [-0.2, 0) is 13.0 Å². The molecule has 0 saturated heterocycles. The number of nitrogens with one attached hydrogen (secondary N) is 1. The molecule has 2 rings (SSSR count). The average Bonchev–Trinajstić information content (AvgIpc) is 2.69. The van der Waals surface area contributed by atoms with E-state index in [4.69, 9.17) is 14.5 Å². The first-order chi connectivity index (χ1) is 13.1. The Morgan fingerprint density at radius 3 is 2.63 bits per heavy atom. The molecule has 0 saturated carbocycles. The Hall–Kier alpha value is -2.76. The molecule has 0 aliphatic heterocycles. The van der Waals surface area contributed by atoms with Gasteiger partial charge in [-0.1, -0.05) is 6.07 Å². The highest BCUT2D eigenvalue weighted by Crippen LogP contribution is 2.25. The van der Waals surface area contributed by atoms with Crippen LogP contribution >= 0.6 is 0 Å². The van der Waals surface area contributed by atoms with E-state index in [2.05, 4.69) is 28.2 Å². The standard InChI is InChI=1S/C21H30N4O2/c1-6-22-21(23-12-11-17-8-7-16(2)24-14-17)25(3)15-18-9-10-19(26-4)13-20(18)27-5/h7-10,13-14H,6,11-12,15H2,1-5H3,(H,22,23). The minimum atomic E-state index is 0.686. The fraction of sp³-hybridized carbons (Fsp3) is 0.429. The summed E-state index contributed by atoms with van der Waals surface area (Å²) in [4.78, 5) is 11.2. The molecule has 146 valence electrons. The molecular weight excluding hydrogens is 340 g/mol. The van der Waals surface area contributed by atoms with E-state index in [9.17, 15) is 0 Å². The Balaban J connectivity index is 2.05. The highest BCUT2D eigenvalue weighted by Gasteiger charge is 2.11. The number of methoxy groups -OCH3 is 2. The summed E-state index contributed by atoms with van der Waals surface area (Å²) in [7, 11) is 5.35. The minimum Gasteiger partial charge on any atom is -0.497 e. The first-order valence-electron chi connectivity index (χ1n) is 9.19. The van der Waals surface area contributed by atoms with Gasteiger partial charge in [-0.05, 0) is 44.0 Å². The van der Waals surface area contributed by atoms with Crippen LogP contribution in [0.1, 0.15) is 23.7 Å². The van der Waals surface area contributed by atoms with Crippen molar-refractivity contribution < 1.29 is 9.47 Å². The van der Waals surface area contributed by atoms with E-state index in [0.29, 0.717) is 13.1 Å². The third-order valence-electron chi connectivity index (χ3n) is 4.23. The summed E-state index contributed by atoms with van der Waals surface area (Å²) in [6, 6.07) is 10.0. The van der Waals surface area contributed by atoms with Gasteiger partial charge in [-0.15, -0.1) is 0 Å². The second-order valence-electron chi connectivity index (χ2n) is 6.33. The summed E-state index contributed by atoms with van der Waals surface area (Å²) < 4.78 is 10.8. The number of ether oxygens (including phenoxy) is 2. The second-order valence-corrected chi connectivity index (χ2v) is 6.33. The molecule has 1 N–H and O–H groups in total. The zero-order valence-electron chi connectivity index (χ0n) is 17.0. The molecule has 0 aliphatic carbocycles. The first kappa shape index (κ1) is 20.6. The Kier molecular flexibility index (Phi) is 7.92. The van der Waals surface area contributed by atoms with Crippen LogP contribution in [0.3, 0.4) is 0 Å². The number of nitrogens with zero attached hydrogens (tertiary/aromatic N) is 3. The lowest BCUT2D eigenvalue weighted by atomic mass is 10.2. The molecule has 0 spiro atoms. The maximum atomic E-state index is 5.50. The number of pyridine rings is 1. The molecule has 0 radical (unpaired) electrons. The monoisotopic (exact) mass is 370 g/mol. The molecule has 0 fully saturated rings. The lowest BCUT2D eigenvalue weighted by Gasteiger charge is -2.23. The van der Waals surface area contributed by atoms with Gasteiger partial charge >= 0.3 is 0 Å². The van der Waals surface area contributed by atoms with Crippen LogP contribution in [-0.4, -0.2) is 50.2 Å².